The second-order valence-electron chi connectivity index (χ2n) is 9.52. The van der Waals surface area contributed by atoms with Crippen molar-refractivity contribution in [3.8, 4) is 22.3 Å². The van der Waals surface area contributed by atoms with Crippen LogP contribution in [0.4, 0.5) is 11.4 Å². The van der Waals surface area contributed by atoms with E-state index in [1.165, 1.54) is 5.56 Å². The number of nitrogens with zero attached hydrogens (tertiary/aromatic N) is 3. The summed E-state index contributed by atoms with van der Waals surface area (Å²) in [5.74, 6) is 0.492. The molecule has 6 rings (SSSR count). The van der Waals surface area contributed by atoms with Crippen LogP contribution in [0, 0.1) is 11.3 Å². The molecule has 8 nitrogen and oxygen atoms in total. The number of aromatic nitrogens is 1. The summed E-state index contributed by atoms with van der Waals surface area (Å²) in [7, 11) is 1.54. The van der Waals surface area contributed by atoms with E-state index in [4.69, 9.17) is 37.4 Å². The number of benzene rings is 2. The molecule has 214 valence electrons. The number of methoxy groups -OCH3 is 1. The SMILES string of the molecule is C1COCCN1.COc1cc(Nc2c(C#N)cnc3cc(-c4ccc(CN5CCOCC5)cc4)sc23)c(Cl)cc1Cl. The molecule has 2 aliphatic rings. The molecule has 2 N–H and O–H groups in total. The molecule has 41 heavy (non-hydrogen) atoms. The van der Waals surface area contributed by atoms with Gasteiger partial charge in [0.05, 0.1) is 70.7 Å². The lowest BCUT2D eigenvalue weighted by molar-refractivity contribution is 0.0342. The van der Waals surface area contributed by atoms with Crippen molar-refractivity contribution in [3.63, 3.8) is 0 Å². The van der Waals surface area contributed by atoms with E-state index in [1.807, 2.05) is 6.07 Å². The van der Waals surface area contributed by atoms with Crippen molar-refractivity contribution in [3.05, 3.63) is 69.8 Å². The maximum absolute atomic E-state index is 9.74. The van der Waals surface area contributed by atoms with Crippen molar-refractivity contribution < 1.29 is 14.2 Å². The number of fused-ring (bicyclic) bond motifs is 1. The number of anilines is 2. The minimum Gasteiger partial charge on any atom is -0.495 e. The Morgan fingerprint density at radius 3 is 2.41 bits per heavy atom. The molecule has 4 aromatic rings. The monoisotopic (exact) mass is 611 g/mol. The minimum absolute atomic E-state index is 0.416. The predicted octanol–water partition coefficient (Wildman–Crippen LogP) is 6.33. The molecule has 0 aliphatic carbocycles. The van der Waals surface area contributed by atoms with Crippen molar-refractivity contribution in [1.29, 1.82) is 5.26 Å². The molecule has 0 spiro atoms. The number of nitriles is 1. The van der Waals surface area contributed by atoms with E-state index in [2.05, 4.69) is 50.9 Å². The third kappa shape index (κ3) is 7.48. The van der Waals surface area contributed by atoms with Gasteiger partial charge >= 0.3 is 0 Å². The Hall–Kier alpha value is -2.94. The predicted molar refractivity (Wildman–Crippen MR) is 166 cm³/mol. The summed E-state index contributed by atoms with van der Waals surface area (Å²) in [4.78, 5) is 7.99. The van der Waals surface area contributed by atoms with Crippen LogP contribution in [0.2, 0.25) is 10.0 Å². The first kappa shape index (κ1) is 29.5. The molecule has 0 bridgehead atoms. The third-order valence-corrected chi connectivity index (χ3v) is 8.56. The maximum atomic E-state index is 9.74. The van der Waals surface area contributed by atoms with Crippen molar-refractivity contribution in [2.45, 2.75) is 6.54 Å². The highest BCUT2D eigenvalue weighted by Crippen LogP contribution is 2.41. The van der Waals surface area contributed by atoms with E-state index < -0.39 is 0 Å². The summed E-state index contributed by atoms with van der Waals surface area (Å²) in [5, 5.41) is 17.1. The Bertz CT molecular complexity index is 1500. The van der Waals surface area contributed by atoms with Gasteiger partial charge in [0.2, 0.25) is 0 Å². The average molecular weight is 613 g/mol. The third-order valence-electron chi connectivity index (χ3n) is 6.76. The smallest absolute Gasteiger partial charge is 0.139 e. The fourth-order valence-corrected chi connectivity index (χ4v) is 6.18. The first-order valence-corrected chi connectivity index (χ1v) is 14.9. The van der Waals surface area contributed by atoms with Gasteiger partial charge in [0.25, 0.3) is 0 Å². The molecule has 2 aromatic heterocycles. The van der Waals surface area contributed by atoms with Crippen LogP contribution in [0.5, 0.6) is 5.75 Å². The van der Waals surface area contributed by atoms with Gasteiger partial charge in [-0.05, 0) is 23.3 Å². The Kier molecular flexibility index (Phi) is 10.3. The normalized spacial score (nSPS) is 15.6. The second kappa shape index (κ2) is 14.3. The number of morpholine rings is 2. The van der Waals surface area contributed by atoms with Gasteiger partial charge in [-0.2, -0.15) is 5.26 Å². The molecule has 0 saturated carbocycles. The Morgan fingerprint density at radius 2 is 1.78 bits per heavy atom. The molecule has 4 heterocycles. The highest BCUT2D eigenvalue weighted by molar-refractivity contribution is 7.22. The number of halogens is 2. The molecule has 2 saturated heterocycles. The largest absolute Gasteiger partial charge is 0.495 e. The number of ether oxygens (including phenoxy) is 3. The lowest BCUT2D eigenvalue weighted by Crippen LogP contribution is -2.35. The van der Waals surface area contributed by atoms with Gasteiger partial charge in [-0.3, -0.25) is 9.88 Å². The topological polar surface area (TPSA) is 91.7 Å². The quantitative estimate of drug-likeness (QED) is 0.261. The van der Waals surface area contributed by atoms with Gasteiger partial charge in [0.1, 0.15) is 11.8 Å². The van der Waals surface area contributed by atoms with E-state index in [1.54, 1.807) is 36.8 Å². The van der Waals surface area contributed by atoms with E-state index in [-0.39, 0.29) is 0 Å². The zero-order chi connectivity index (χ0) is 28.6. The fourth-order valence-electron chi connectivity index (χ4n) is 4.55. The van der Waals surface area contributed by atoms with E-state index in [0.717, 1.165) is 79.8 Å². The number of pyridine rings is 1. The molecule has 2 fully saturated rings. The second-order valence-corrected chi connectivity index (χ2v) is 11.4. The van der Waals surface area contributed by atoms with Crippen LogP contribution in [0.1, 0.15) is 11.1 Å². The molecule has 2 aromatic carbocycles. The molecular weight excluding hydrogens is 581 g/mol. The molecule has 11 heteroatoms. The Morgan fingerprint density at radius 1 is 1.05 bits per heavy atom. The van der Waals surface area contributed by atoms with Gasteiger partial charge in [0, 0.05) is 49.9 Å². The summed E-state index contributed by atoms with van der Waals surface area (Å²) in [6.45, 7) is 8.26. The van der Waals surface area contributed by atoms with Gasteiger partial charge < -0.3 is 24.8 Å². The molecule has 0 radical (unpaired) electrons. The standard InChI is InChI=1S/C26H22Cl2N4O2S.C4H9NO/c1-33-23-11-21(19(27)10-20(23)28)31-25-18(13-29)14-30-22-12-24(35-26(22)25)17-4-2-16(3-5-17)15-32-6-8-34-9-7-32;1-3-6-4-2-5-1/h2-5,10-12,14H,6-9,15H2,1H3,(H,30,31);5H,1-4H2. The van der Waals surface area contributed by atoms with Gasteiger partial charge in [-0.25, -0.2) is 0 Å². The van der Waals surface area contributed by atoms with Crippen molar-refractivity contribution >= 4 is 56.1 Å². The number of hydrogen-bond acceptors (Lipinski definition) is 9. The van der Waals surface area contributed by atoms with E-state index >= 15 is 0 Å². The number of rotatable bonds is 6. The van der Waals surface area contributed by atoms with Crippen LogP contribution in [0.15, 0.2) is 48.7 Å². The van der Waals surface area contributed by atoms with Gasteiger partial charge in [-0.15, -0.1) is 11.3 Å². The summed E-state index contributed by atoms with van der Waals surface area (Å²) in [5.41, 5.74) is 4.87. The maximum Gasteiger partial charge on any atom is 0.139 e. The summed E-state index contributed by atoms with van der Waals surface area (Å²) < 4.78 is 16.6. The molecular formula is C30H31Cl2N5O3S. The van der Waals surface area contributed by atoms with Crippen molar-refractivity contribution in [2.24, 2.45) is 0 Å². The first-order valence-electron chi connectivity index (χ1n) is 13.4. The van der Waals surface area contributed by atoms with Crippen LogP contribution in [-0.4, -0.2) is 69.6 Å². The zero-order valence-electron chi connectivity index (χ0n) is 22.7. The highest BCUT2D eigenvalue weighted by atomic mass is 35.5. The highest BCUT2D eigenvalue weighted by Gasteiger charge is 2.17. The van der Waals surface area contributed by atoms with Crippen molar-refractivity contribution in [1.82, 2.24) is 15.2 Å². The van der Waals surface area contributed by atoms with E-state index in [9.17, 15) is 5.26 Å². The lowest BCUT2D eigenvalue weighted by atomic mass is 10.1. The van der Waals surface area contributed by atoms with Gasteiger partial charge in [0.15, 0.2) is 0 Å². The van der Waals surface area contributed by atoms with Crippen LogP contribution in [0.25, 0.3) is 20.7 Å². The molecule has 2 aliphatic heterocycles. The lowest BCUT2D eigenvalue weighted by Gasteiger charge is -2.26. The van der Waals surface area contributed by atoms with Crippen LogP contribution in [0.3, 0.4) is 0 Å². The van der Waals surface area contributed by atoms with Gasteiger partial charge in [-0.1, -0.05) is 47.5 Å². The van der Waals surface area contributed by atoms with Crippen LogP contribution >= 0.6 is 34.5 Å². The van der Waals surface area contributed by atoms with Crippen molar-refractivity contribution in [2.75, 3.05) is 65.0 Å². The molecule has 0 unspecified atom stereocenters. The summed E-state index contributed by atoms with van der Waals surface area (Å²) in [6, 6.07) is 16.2. The minimum atomic E-state index is 0.416. The molecule has 0 amide bonds. The number of nitrogens with one attached hydrogen (secondary N) is 2. The first-order chi connectivity index (χ1) is 20.1. The van der Waals surface area contributed by atoms with E-state index in [0.29, 0.717) is 32.7 Å². The Balaban J connectivity index is 0.000000500. The number of thiophene rings is 1. The fraction of sp³-hybridized carbons (Fsp3) is 0.333. The summed E-state index contributed by atoms with van der Waals surface area (Å²) in [6.07, 6.45) is 1.58. The summed E-state index contributed by atoms with van der Waals surface area (Å²) >= 11 is 14.2. The van der Waals surface area contributed by atoms with Crippen LogP contribution < -0.4 is 15.4 Å². The zero-order valence-corrected chi connectivity index (χ0v) is 25.0. The molecule has 0 atom stereocenters. The van der Waals surface area contributed by atoms with Crippen LogP contribution in [-0.2, 0) is 16.0 Å². The average Bonchev–Trinajstić information content (AvgIpc) is 3.45. The Labute approximate surface area is 253 Å². The number of hydrogen-bond donors (Lipinski definition) is 2.